The van der Waals surface area contributed by atoms with Crippen LogP contribution in [-0.2, 0) is 20.0 Å². The molecule has 1 N–H and O–H groups in total. The Morgan fingerprint density at radius 3 is 2.72 bits per heavy atom. The number of aromatic nitrogens is 2. The van der Waals surface area contributed by atoms with E-state index in [1.54, 1.807) is 42.3 Å². The highest BCUT2D eigenvalue weighted by Crippen LogP contribution is 2.29. The third-order valence-corrected chi connectivity index (χ3v) is 5.28. The fraction of sp³-hybridized carbons (Fsp3) is 0.238. The van der Waals surface area contributed by atoms with Crippen molar-refractivity contribution in [2.24, 2.45) is 7.05 Å². The summed E-state index contributed by atoms with van der Waals surface area (Å²) in [6.45, 7) is 0.969. The van der Waals surface area contributed by atoms with Crippen LogP contribution in [0.5, 0.6) is 5.75 Å². The van der Waals surface area contributed by atoms with Gasteiger partial charge >= 0.3 is 6.03 Å². The molecule has 0 saturated heterocycles. The third kappa shape index (κ3) is 3.78. The van der Waals surface area contributed by atoms with Crippen molar-refractivity contribution in [2.75, 3.05) is 19.0 Å². The molecule has 4 rings (SSSR count). The molecule has 29 heavy (non-hydrogen) atoms. The fourth-order valence-electron chi connectivity index (χ4n) is 3.49. The monoisotopic (exact) mass is 414 g/mol. The molecular weight excluding hydrogens is 395 g/mol. The number of hydrogen-bond donors (Lipinski definition) is 1. The second kappa shape index (κ2) is 7.75. The second-order valence-corrected chi connectivity index (χ2v) is 7.28. The average Bonchev–Trinajstić information content (AvgIpc) is 3.05. The van der Waals surface area contributed by atoms with Crippen molar-refractivity contribution in [2.45, 2.75) is 13.0 Å². The SMILES string of the molecule is COc1ccc(Cl)cc1NC(=O)N1CCc2nc(-c3ccc(F)cc3)n(C)c2C1. The Labute approximate surface area is 172 Å². The van der Waals surface area contributed by atoms with Crippen LogP contribution < -0.4 is 10.1 Å². The van der Waals surface area contributed by atoms with Gasteiger partial charge in [0.25, 0.3) is 0 Å². The predicted octanol–water partition coefficient (Wildman–Crippen LogP) is 4.48. The molecule has 2 amide bonds. The Hall–Kier alpha value is -3.06. The maximum Gasteiger partial charge on any atom is 0.322 e. The van der Waals surface area contributed by atoms with Crippen LogP contribution in [0.1, 0.15) is 11.4 Å². The number of carbonyl (C=O) groups excluding carboxylic acids is 1. The van der Waals surface area contributed by atoms with Crippen LogP contribution in [0.4, 0.5) is 14.9 Å². The van der Waals surface area contributed by atoms with Crippen molar-refractivity contribution in [1.29, 1.82) is 0 Å². The maximum absolute atomic E-state index is 13.2. The van der Waals surface area contributed by atoms with E-state index in [4.69, 9.17) is 21.3 Å². The summed E-state index contributed by atoms with van der Waals surface area (Å²) in [4.78, 5) is 19.3. The highest BCUT2D eigenvalue weighted by molar-refractivity contribution is 6.31. The molecule has 0 fully saturated rings. The fourth-order valence-corrected chi connectivity index (χ4v) is 3.66. The smallest absolute Gasteiger partial charge is 0.322 e. The number of benzene rings is 2. The van der Waals surface area contributed by atoms with Gasteiger partial charge in [-0.05, 0) is 42.5 Å². The molecule has 8 heteroatoms. The summed E-state index contributed by atoms with van der Waals surface area (Å²) in [6, 6.07) is 11.1. The first-order chi connectivity index (χ1) is 14.0. The summed E-state index contributed by atoms with van der Waals surface area (Å²) < 4.78 is 20.5. The lowest BCUT2D eigenvalue weighted by molar-refractivity contribution is 0.204. The molecule has 0 unspecified atom stereocenters. The lowest BCUT2D eigenvalue weighted by Crippen LogP contribution is -2.39. The van der Waals surface area contributed by atoms with Gasteiger partial charge in [0, 0.05) is 30.6 Å². The minimum Gasteiger partial charge on any atom is -0.495 e. The van der Waals surface area contributed by atoms with Crippen LogP contribution in [-0.4, -0.2) is 34.1 Å². The number of ether oxygens (including phenoxy) is 1. The number of rotatable bonds is 3. The minimum atomic E-state index is -0.285. The average molecular weight is 415 g/mol. The number of fused-ring (bicyclic) bond motifs is 1. The molecule has 150 valence electrons. The zero-order valence-electron chi connectivity index (χ0n) is 16.1. The predicted molar refractivity (Wildman–Crippen MR) is 110 cm³/mol. The number of urea groups is 1. The van der Waals surface area contributed by atoms with Gasteiger partial charge in [-0.1, -0.05) is 11.6 Å². The first kappa shape index (κ1) is 19.3. The van der Waals surface area contributed by atoms with Gasteiger partial charge in [0.05, 0.1) is 30.7 Å². The van der Waals surface area contributed by atoms with Crippen molar-refractivity contribution < 1.29 is 13.9 Å². The van der Waals surface area contributed by atoms with E-state index in [0.717, 1.165) is 22.8 Å². The first-order valence-electron chi connectivity index (χ1n) is 9.16. The van der Waals surface area contributed by atoms with E-state index < -0.39 is 0 Å². The van der Waals surface area contributed by atoms with E-state index in [2.05, 4.69) is 5.32 Å². The van der Waals surface area contributed by atoms with Gasteiger partial charge in [-0.2, -0.15) is 0 Å². The van der Waals surface area contributed by atoms with Gasteiger partial charge in [0.2, 0.25) is 0 Å². The summed E-state index contributed by atoms with van der Waals surface area (Å²) in [5, 5.41) is 3.38. The Morgan fingerprint density at radius 1 is 1.24 bits per heavy atom. The number of nitrogens with one attached hydrogen (secondary N) is 1. The molecule has 1 aromatic heterocycles. The van der Waals surface area contributed by atoms with Crippen LogP contribution in [0, 0.1) is 5.82 Å². The van der Waals surface area contributed by atoms with Gasteiger partial charge in [0.15, 0.2) is 0 Å². The molecule has 0 aliphatic carbocycles. The summed E-state index contributed by atoms with van der Waals surface area (Å²) in [6.07, 6.45) is 0.643. The number of anilines is 1. The number of hydrogen-bond acceptors (Lipinski definition) is 3. The van der Waals surface area contributed by atoms with Crippen LogP contribution in [0.2, 0.25) is 5.02 Å². The molecule has 3 aromatic rings. The summed E-state index contributed by atoms with van der Waals surface area (Å²) in [5.74, 6) is 1.01. The number of methoxy groups -OCH3 is 1. The van der Waals surface area contributed by atoms with Crippen LogP contribution in [0.3, 0.4) is 0 Å². The van der Waals surface area contributed by atoms with Gasteiger partial charge in [-0.25, -0.2) is 14.2 Å². The zero-order valence-corrected chi connectivity index (χ0v) is 16.8. The molecule has 0 radical (unpaired) electrons. The summed E-state index contributed by atoms with van der Waals surface area (Å²) >= 11 is 6.05. The van der Waals surface area contributed by atoms with E-state index in [0.29, 0.717) is 36.0 Å². The lowest BCUT2D eigenvalue weighted by atomic mass is 10.1. The van der Waals surface area contributed by atoms with E-state index in [9.17, 15) is 9.18 Å². The van der Waals surface area contributed by atoms with E-state index in [-0.39, 0.29) is 11.8 Å². The highest BCUT2D eigenvalue weighted by Gasteiger charge is 2.26. The largest absolute Gasteiger partial charge is 0.495 e. The number of nitrogens with zero attached hydrogens (tertiary/aromatic N) is 3. The second-order valence-electron chi connectivity index (χ2n) is 6.84. The van der Waals surface area contributed by atoms with Gasteiger partial charge in [-0.15, -0.1) is 0 Å². The van der Waals surface area contributed by atoms with Gasteiger partial charge in [0.1, 0.15) is 17.4 Å². The minimum absolute atomic E-state index is 0.235. The first-order valence-corrected chi connectivity index (χ1v) is 9.54. The molecule has 0 saturated carbocycles. The van der Waals surface area contributed by atoms with Crippen molar-refractivity contribution in [3.8, 4) is 17.1 Å². The molecule has 0 spiro atoms. The Bertz CT molecular complexity index is 1070. The molecular formula is C21H20ClFN4O2. The van der Waals surface area contributed by atoms with Crippen LogP contribution in [0.25, 0.3) is 11.4 Å². The topological polar surface area (TPSA) is 59.4 Å². The van der Waals surface area contributed by atoms with Crippen molar-refractivity contribution in [1.82, 2.24) is 14.5 Å². The van der Waals surface area contributed by atoms with Gasteiger partial charge in [-0.3, -0.25) is 0 Å². The molecule has 0 bridgehead atoms. The van der Waals surface area contributed by atoms with E-state index >= 15 is 0 Å². The molecule has 1 aliphatic rings. The standard InChI is InChI=1S/C21H20ClFN4O2/c1-26-18-12-27(21(28)25-17-11-14(22)5-8-19(17)29-2)10-9-16(18)24-20(26)13-3-6-15(23)7-4-13/h3-8,11H,9-10,12H2,1-2H3,(H,25,28). The summed E-state index contributed by atoms with van der Waals surface area (Å²) in [5.41, 5.74) is 3.27. The number of imidazole rings is 1. The van der Waals surface area contributed by atoms with Crippen molar-refractivity contribution in [3.63, 3.8) is 0 Å². The van der Waals surface area contributed by atoms with Crippen molar-refractivity contribution >= 4 is 23.3 Å². The van der Waals surface area contributed by atoms with Crippen LogP contribution >= 0.6 is 11.6 Å². The zero-order chi connectivity index (χ0) is 20.5. The normalized spacial score (nSPS) is 13.2. The van der Waals surface area contributed by atoms with E-state index in [1.807, 2.05) is 11.6 Å². The number of carbonyl (C=O) groups is 1. The Morgan fingerprint density at radius 2 is 2.00 bits per heavy atom. The molecule has 1 aliphatic heterocycles. The maximum atomic E-state index is 13.2. The Balaban J connectivity index is 1.55. The van der Waals surface area contributed by atoms with Crippen LogP contribution in [0.15, 0.2) is 42.5 Å². The molecule has 0 atom stereocenters. The number of halogens is 2. The third-order valence-electron chi connectivity index (χ3n) is 5.05. The molecule has 2 aromatic carbocycles. The van der Waals surface area contributed by atoms with Crippen molar-refractivity contribution in [3.05, 3.63) is 64.7 Å². The summed E-state index contributed by atoms with van der Waals surface area (Å²) in [7, 11) is 3.45. The lowest BCUT2D eigenvalue weighted by Gasteiger charge is -2.27. The molecule has 2 heterocycles. The quantitative estimate of drug-likeness (QED) is 0.687. The van der Waals surface area contributed by atoms with E-state index in [1.165, 1.54) is 12.1 Å². The number of amides is 2. The Kier molecular flexibility index (Phi) is 5.15. The van der Waals surface area contributed by atoms with Gasteiger partial charge < -0.3 is 19.5 Å². The molecule has 6 nitrogen and oxygen atoms in total. The highest BCUT2D eigenvalue weighted by atomic mass is 35.5.